The molecule has 0 bridgehead atoms. The van der Waals surface area contributed by atoms with Crippen molar-refractivity contribution < 1.29 is 4.79 Å². The lowest BCUT2D eigenvalue weighted by molar-refractivity contribution is -0.129. The molecule has 1 aromatic heterocycles. The van der Waals surface area contributed by atoms with Crippen molar-refractivity contribution in [2.75, 3.05) is 6.54 Å². The second kappa shape index (κ2) is 4.53. The number of fused-ring (bicyclic) bond motifs is 1. The third-order valence-electron chi connectivity index (χ3n) is 3.70. The van der Waals surface area contributed by atoms with Gasteiger partial charge in [0.25, 0.3) is 0 Å². The predicted molar refractivity (Wildman–Crippen MR) is 73.6 cm³/mol. The normalized spacial score (nSPS) is 14.3. The molecule has 1 aliphatic heterocycles. The van der Waals surface area contributed by atoms with Gasteiger partial charge in [0.05, 0.1) is 5.69 Å². The largest absolute Gasteiger partial charge is 0.338 e. The Morgan fingerprint density at radius 1 is 1.32 bits per heavy atom. The Kier molecular flexibility index (Phi) is 2.85. The fourth-order valence-electron chi connectivity index (χ4n) is 2.51. The molecule has 98 valence electrons. The van der Waals surface area contributed by atoms with Crippen LogP contribution in [0.4, 0.5) is 0 Å². The van der Waals surface area contributed by atoms with Crippen molar-refractivity contribution in [3.63, 3.8) is 0 Å². The van der Waals surface area contributed by atoms with Crippen LogP contribution in [0.3, 0.4) is 0 Å². The summed E-state index contributed by atoms with van der Waals surface area (Å²) in [6.45, 7) is 5.13. The smallest absolute Gasteiger partial charge is 0.219 e. The van der Waals surface area contributed by atoms with Gasteiger partial charge in [-0.1, -0.05) is 29.8 Å². The van der Waals surface area contributed by atoms with Gasteiger partial charge in [0.15, 0.2) is 0 Å². The summed E-state index contributed by atoms with van der Waals surface area (Å²) in [7, 11) is 0. The van der Waals surface area contributed by atoms with E-state index in [1.807, 2.05) is 4.90 Å². The van der Waals surface area contributed by atoms with Crippen LogP contribution < -0.4 is 0 Å². The second-order valence-electron chi connectivity index (χ2n) is 5.09. The average Bonchev–Trinajstić information content (AvgIpc) is 2.82. The van der Waals surface area contributed by atoms with Gasteiger partial charge in [0.1, 0.15) is 0 Å². The van der Waals surface area contributed by atoms with Crippen LogP contribution >= 0.6 is 0 Å². The summed E-state index contributed by atoms with van der Waals surface area (Å²) in [4.78, 5) is 13.4. The van der Waals surface area contributed by atoms with E-state index >= 15 is 0 Å². The molecule has 0 saturated heterocycles. The number of hydrogen-bond acceptors (Lipinski definition) is 2. The van der Waals surface area contributed by atoms with E-state index in [-0.39, 0.29) is 5.91 Å². The molecule has 3 rings (SSSR count). The van der Waals surface area contributed by atoms with Crippen molar-refractivity contribution in [1.82, 2.24) is 15.1 Å². The fourth-order valence-corrected chi connectivity index (χ4v) is 2.51. The van der Waals surface area contributed by atoms with Crippen molar-refractivity contribution in [2.45, 2.75) is 26.8 Å². The van der Waals surface area contributed by atoms with Crippen LogP contribution in [0.1, 0.15) is 23.7 Å². The van der Waals surface area contributed by atoms with Crippen LogP contribution in [0.5, 0.6) is 0 Å². The number of nitrogens with one attached hydrogen (secondary N) is 1. The molecule has 19 heavy (non-hydrogen) atoms. The average molecular weight is 255 g/mol. The molecular weight excluding hydrogens is 238 g/mol. The zero-order chi connectivity index (χ0) is 13.4. The van der Waals surface area contributed by atoms with Crippen molar-refractivity contribution in [1.29, 1.82) is 0 Å². The molecule has 0 unspecified atom stereocenters. The van der Waals surface area contributed by atoms with E-state index in [1.165, 1.54) is 5.56 Å². The van der Waals surface area contributed by atoms with Gasteiger partial charge in [-0.05, 0) is 6.92 Å². The molecule has 4 heteroatoms. The minimum atomic E-state index is 0.127. The van der Waals surface area contributed by atoms with Crippen molar-refractivity contribution in [3.05, 3.63) is 41.1 Å². The van der Waals surface area contributed by atoms with Gasteiger partial charge in [0.2, 0.25) is 5.91 Å². The van der Waals surface area contributed by atoms with Gasteiger partial charge in [0, 0.05) is 43.3 Å². The lowest BCUT2D eigenvalue weighted by Crippen LogP contribution is -2.34. The Morgan fingerprint density at radius 3 is 2.74 bits per heavy atom. The molecule has 0 saturated carbocycles. The SMILES string of the molecule is CC(=O)N1CCc2[nH]nc(-c3ccc(C)cc3)c2C1. The van der Waals surface area contributed by atoms with Crippen LogP contribution in [0.2, 0.25) is 0 Å². The highest BCUT2D eigenvalue weighted by Gasteiger charge is 2.23. The number of hydrogen-bond donors (Lipinski definition) is 1. The minimum absolute atomic E-state index is 0.127. The van der Waals surface area contributed by atoms with E-state index in [1.54, 1.807) is 6.92 Å². The molecule has 0 spiro atoms. The molecule has 0 fully saturated rings. The molecule has 1 aromatic carbocycles. The summed E-state index contributed by atoms with van der Waals surface area (Å²) in [5, 5.41) is 7.54. The number of rotatable bonds is 1. The maximum absolute atomic E-state index is 11.5. The first-order valence-corrected chi connectivity index (χ1v) is 6.54. The first-order valence-electron chi connectivity index (χ1n) is 6.54. The molecule has 0 radical (unpaired) electrons. The fraction of sp³-hybridized carbons (Fsp3) is 0.333. The number of H-pyrrole nitrogens is 1. The zero-order valence-electron chi connectivity index (χ0n) is 11.2. The maximum atomic E-state index is 11.5. The Labute approximate surface area is 112 Å². The standard InChI is InChI=1S/C15H17N3O/c1-10-3-5-12(6-4-10)15-13-9-18(11(2)19)8-7-14(13)16-17-15/h3-6H,7-9H2,1-2H3,(H,16,17). The number of aryl methyl sites for hydroxylation is 1. The van der Waals surface area contributed by atoms with E-state index in [2.05, 4.69) is 41.4 Å². The molecule has 0 atom stereocenters. The van der Waals surface area contributed by atoms with E-state index in [9.17, 15) is 4.79 Å². The van der Waals surface area contributed by atoms with E-state index < -0.39 is 0 Å². The number of nitrogens with zero attached hydrogens (tertiary/aromatic N) is 2. The number of aromatic amines is 1. The number of carbonyl (C=O) groups is 1. The first kappa shape index (κ1) is 12.0. The molecule has 2 aromatic rings. The second-order valence-corrected chi connectivity index (χ2v) is 5.09. The Bertz CT molecular complexity index is 613. The van der Waals surface area contributed by atoms with Crippen molar-refractivity contribution in [2.24, 2.45) is 0 Å². The molecule has 1 aliphatic rings. The Balaban J connectivity index is 1.99. The summed E-state index contributed by atoms with van der Waals surface area (Å²) < 4.78 is 0. The number of carbonyl (C=O) groups excluding carboxylic acids is 1. The Morgan fingerprint density at radius 2 is 2.05 bits per heavy atom. The van der Waals surface area contributed by atoms with E-state index in [0.717, 1.165) is 35.5 Å². The Hall–Kier alpha value is -2.10. The molecule has 2 heterocycles. The topological polar surface area (TPSA) is 49.0 Å². The predicted octanol–water partition coefficient (Wildman–Crippen LogP) is 2.29. The first-order chi connectivity index (χ1) is 9.15. The van der Waals surface area contributed by atoms with Crippen molar-refractivity contribution in [3.8, 4) is 11.3 Å². The van der Waals surface area contributed by atoms with Gasteiger partial charge in [-0.15, -0.1) is 0 Å². The van der Waals surface area contributed by atoms with Gasteiger partial charge in [-0.3, -0.25) is 9.89 Å². The molecule has 0 aliphatic carbocycles. The lowest BCUT2D eigenvalue weighted by Gasteiger charge is -2.25. The summed E-state index contributed by atoms with van der Waals surface area (Å²) >= 11 is 0. The van der Waals surface area contributed by atoms with Crippen LogP contribution in [0.15, 0.2) is 24.3 Å². The third kappa shape index (κ3) is 2.14. The molecule has 1 N–H and O–H groups in total. The van der Waals surface area contributed by atoms with E-state index in [0.29, 0.717) is 6.54 Å². The summed E-state index contributed by atoms with van der Waals surface area (Å²) in [5.41, 5.74) is 5.63. The van der Waals surface area contributed by atoms with Gasteiger partial charge >= 0.3 is 0 Å². The molecule has 1 amide bonds. The van der Waals surface area contributed by atoms with Gasteiger partial charge in [-0.2, -0.15) is 5.10 Å². The van der Waals surface area contributed by atoms with Gasteiger partial charge < -0.3 is 4.90 Å². The van der Waals surface area contributed by atoms with Crippen LogP contribution in [0, 0.1) is 6.92 Å². The summed E-state index contributed by atoms with van der Waals surface area (Å²) in [6, 6.07) is 8.33. The monoisotopic (exact) mass is 255 g/mol. The highest BCUT2D eigenvalue weighted by Crippen LogP contribution is 2.28. The third-order valence-corrected chi connectivity index (χ3v) is 3.70. The number of aromatic nitrogens is 2. The van der Waals surface area contributed by atoms with Crippen LogP contribution in [-0.2, 0) is 17.8 Å². The maximum Gasteiger partial charge on any atom is 0.219 e. The number of benzene rings is 1. The van der Waals surface area contributed by atoms with E-state index in [4.69, 9.17) is 0 Å². The summed E-state index contributed by atoms with van der Waals surface area (Å²) in [5.74, 6) is 0.127. The quantitative estimate of drug-likeness (QED) is 0.850. The zero-order valence-corrected chi connectivity index (χ0v) is 11.2. The van der Waals surface area contributed by atoms with Crippen LogP contribution in [-0.4, -0.2) is 27.5 Å². The number of amides is 1. The van der Waals surface area contributed by atoms with Gasteiger partial charge in [-0.25, -0.2) is 0 Å². The molecular formula is C15H17N3O. The molecule has 4 nitrogen and oxygen atoms in total. The summed E-state index contributed by atoms with van der Waals surface area (Å²) in [6.07, 6.45) is 0.855. The minimum Gasteiger partial charge on any atom is -0.338 e. The lowest BCUT2D eigenvalue weighted by atomic mass is 10.0. The highest BCUT2D eigenvalue weighted by atomic mass is 16.2. The van der Waals surface area contributed by atoms with Crippen LogP contribution in [0.25, 0.3) is 11.3 Å². The van der Waals surface area contributed by atoms with Crippen molar-refractivity contribution >= 4 is 5.91 Å². The highest BCUT2D eigenvalue weighted by molar-refractivity contribution is 5.74.